The fraction of sp³-hybridized carbons (Fsp3) is 1.00. The molecule has 2 nitrogen and oxygen atoms in total. The highest BCUT2D eigenvalue weighted by Crippen LogP contribution is 2.55. The molecule has 2 heteroatoms. The van der Waals surface area contributed by atoms with E-state index >= 15 is 0 Å². The van der Waals surface area contributed by atoms with Gasteiger partial charge in [0, 0.05) is 12.1 Å². The van der Waals surface area contributed by atoms with Crippen LogP contribution in [0.2, 0.25) is 0 Å². The Hall–Kier alpha value is -0.0800. The fourth-order valence-electron chi connectivity index (χ4n) is 4.81. The van der Waals surface area contributed by atoms with E-state index in [0.29, 0.717) is 5.54 Å². The fourth-order valence-corrected chi connectivity index (χ4v) is 4.81. The highest BCUT2D eigenvalue weighted by Gasteiger charge is 2.50. The van der Waals surface area contributed by atoms with E-state index < -0.39 is 0 Å². The van der Waals surface area contributed by atoms with Crippen molar-refractivity contribution in [2.24, 2.45) is 17.8 Å². The van der Waals surface area contributed by atoms with E-state index in [2.05, 4.69) is 12.2 Å². The van der Waals surface area contributed by atoms with Crippen LogP contribution in [0.15, 0.2) is 0 Å². The minimum atomic E-state index is -0.145. The lowest BCUT2D eigenvalue weighted by Crippen LogP contribution is -2.59. The van der Waals surface area contributed by atoms with Crippen molar-refractivity contribution in [1.29, 1.82) is 0 Å². The Bertz CT molecular complexity index is 228. The van der Waals surface area contributed by atoms with E-state index in [-0.39, 0.29) is 6.10 Å². The highest BCUT2D eigenvalue weighted by molar-refractivity contribution is 5.06. The molecule has 0 aromatic carbocycles. The first-order valence-electron chi connectivity index (χ1n) is 7.12. The number of hydrogen-bond donors (Lipinski definition) is 2. The van der Waals surface area contributed by atoms with E-state index in [9.17, 15) is 5.11 Å². The van der Waals surface area contributed by atoms with Gasteiger partial charge in [0.1, 0.15) is 0 Å². The third-order valence-corrected chi connectivity index (χ3v) is 5.22. The topological polar surface area (TPSA) is 32.3 Å². The summed E-state index contributed by atoms with van der Waals surface area (Å²) in [5.74, 6) is 2.99. The van der Waals surface area contributed by atoms with Gasteiger partial charge in [-0.05, 0) is 62.7 Å². The van der Waals surface area contributed by atoms with Crippen LogP contribution >= 0.6 is 0 Å². The van der Waals surface area contributed by atoms with E-state index in [1.807, 2.05) is 0 Å². The van der Waals surface area contributed by atoms with Gasteiger partial charge in [-0.25, -0.2) is 0 Å². The molecule has 16 heavy (non-hydrogen) atoms. The van der Waals surface area contributed by atoms with Crippen molar-refractivity contribution in [3.63, 3.8) is 0 Å². The van der Waals surface area contributed by atoms with Crippen molar-refractivity contribution in [3.05, 3.63) is 0 Å². The predicted molar refractivity (Wildman–Crippen MR) is 65.2 cm³/mol. The van der Waals surface area contributed by atoms with Gasteiger partial charge in [-0.1, -0.05) is 6.92 Å². The Morgan fingerprint density at radius 1 is 1.12 bits per heavy atom. The minimum Gasteiger partial charge on any atom is -0.392 e. The third-order valence-electron chi connectivity index (χ3n) is 5.22. The molecule has 4 rings (SSSR count). The highest BCUT2D eigenvalue weighted by atomic mass is 16.3. The summed E-state index contributed by atoms with van der Waals surface area (Å²) in [6.45, 7) is 2.87. The van der Waals surface area contributed by atoms with Crippen LogP contribution in [0, 0.1) is 17.8 Å². The smallest absolute Gasteiger partial charge is 0.0662 e. The van der Waals surface area contributed by atoms with Crippen molar-refractivity contribution in [2.75, 3.05) is 6.54 Å². The third kappa shape index (κ3) is 1.91. The summed E-state index contributed by atoms with van der Waals surface area (Å²) in [4.78, 5) is 0. The van der Waals surface area contributed by atoms with Crippen LogP contribution in [0.25, 0.3) is 0 Å². The van der Waals surface area contributed by atoms with Gasteiger partial charge in [0.2, 0.25) is 0 Å². The van der Waals surface area contributed by atoms with E-state index in [0.717, 1.165) is 30.7 Å². The first-order chi connectivity index (χ1) is 7.69. The molecule has 2 N–H and O–H groups in total. The second-order valence-electron chi connectivity index (χ2n) is 6.64. The van der Waals surface area contributed by atoms with Crippen molar-refractivity contribution < 1.29 is 5.11 Å². The molecule has 4 fully saturated rings. The molecule has 0 amide bonds. The molecule has 4 saturated carbocycles. The zero-order chi connectivity index (χ0) is 11.2. The SMILES string of the molecule is CCC(O)CNC12CC3CC(CC(C3)C1)C2. The van der Waals surface area contributed by atoms with Crippen LogP contribution < -0.4 is 5.32 Å². The summed E-state index contributed by atoms with van der Waals surface area (Å²) in [6.07, 6.45) is 9.37. The molecule has 4 aliphatic carbocycles. The number of nitrogens with one attached hydrogen (secondary N) is 1. The minimum absolute atomic E-state index is 0.145. The normalized spacial score (nSPS) is 47.2. The quantitative estimate of drug-likeness (QED) is 0.766. The number of rotatable bonds is 4. The molecule has 0 saturated heterocycles. The second kappa shape index (κ2) is 3.99. The molecule has 0 spiro atoms. The Morgan fingerprint density at radius 3 is 2.06 bits per heavy atom. The maximum absolute atomic E-state index is 9.70. The van der Waals surface area contributed by atoms with Crippen LogP contribution in [-0.4, -0.2) is 23.3 Å². The Labute approximate surface area is 98.8 Å². The van der Waals surface area contributed by atoms with Gasteiger partial charge in [-0.3, -0.25) is 0 Å². The number of β-amino-alcohol motifs (C(OH)–C–C–N with tert-alkyl or cyclic N) is 1. The van der Waals surface area contributed by atoms with Gasteiger partial charge in [0.25, 0.3) is 0 Å². The summed E-state index contributed by atoms with van der Waals surface area (Å²) in [5.41, 5.74) is 0.422. The van der Waals surface area contributed by atoms with Gasteiger partial charge in [-0.2, -0.15) is 0 Å². The zero-order valence-corrected chi connectivity index (χ0v) is 10.4. The number of aliphatic hydroxyl groups excluding tert-OH is 1. The van der Waals surface area contributed by atoms with Crippen LogP contribution in [0.5, 0.6) is 0 Å². The first-order valence-corrected chi connectivity index (χ1v) is 7.12. The molecular weight excluding hydrogens is 198 g/mol. The molecule has 4 aliphatic rings. The average Bonchev–Trinajstić information content (AvgIpc) is 2.24. The zero-order valence-electron chi connectivity index (χ0n) is 10.4. The van der Waals surface area contributed by atoms with Crippen LogP contribution in [-0.2, 0) is 0 Å². The van der Waals surface area contributed by atoms with E-state index in [4.69, 9.17) is 0 Å². The Balaban J connectivity index is 1.64. The van der Waals surface area contributed by atoms with Crippen LogP contribution in [0.3, 0.4) is 0 Å². The summed E-state index contributed by atoms with van der Waals surface area (Å²) in [6, 6.07) is 0. The van der Waals surface area contributed by atoms with Gasteiger partial charge >= 0.3 is 0 Å². The molecule has 92 valence electrons. The van der Waals surface area contributed by atoms with Crippen molar-refractivity contribution in [2.45, 2.75) is 63.5 Å². The van der Waals surface area contributed by atoms with Crippen molar-refractivity contribution in [1.82, 2.24) is 5.32 Å². The summed E-state index contributed by atoms with van der Waals surface area (Å²) < 4.78 is 0. The van der Waals surface area contributed by atoms with Crippen molar-refractivity contribution >= 4 is 0 Å². The van der Waals surface area contributed by atoms with Crippen LogP contribution in [0.4, 0.5) is 0 Å². The molecule has 0 aromatic rings. The summed E-state index contributed by atoms with van der Waals surface area (Å²) >= 11 is 0. The maximum Gasteiger partial charge on any atom is 0.0662 e. The molecule has 0 radical (unpaired) electrons. The van der Waals surface area contributed by atoms with Crippen LogP contribution in [0.1, 0.15) is 51.9 Å². The monoisotopic (exact) mass is 223 g/mol. The van der Waals surface area contributed by atoms with Gasteiger partial charge in [-0.15, -0.1) is 0 Å². The summed E-state index contributed by atoms with van der Waals surface area (Å²) in [7, 11) is 0. The number of aliphatic hydroxyl groups is 1. The Morgan fingerprint density at radius 2 is 1.62 bits per heavy atom. The molecular formula is C14H25NO. The lowest BCUT2D eigenvalue weighted by Gasteiger charge is -2.57. The largest absolute Gasteiger partial charge is 0.392 e. The van der Waals surface area contributed by atoms with Crippen molar-refractivity contribution in [3.8, 4) is 0 Å². The lowest BCUT2D eigenvalue weighted by molar-refractivity contribution is -0.0248. The molecule has 4 bridgehead atoms. The van der Waals surface area contributed by atoms with E-state index in [1.165, 1.54) is 38.5 Å². The van der Waals surface area contributed by atoms with E-state index in [1.54, 1.807) is 0 Å². The molecule has 1 atom stereocenters. The molecule has 0 aliphatic heterocycles. The standard InChI is InChI=1S/C14H25NO/c1-2-13(16)9-15-14-6-10-3-11(7-14)5-12(4-10)8-14/h10-13,15-16H,2-9H2,1H3. The van der Waals surface area contributed by atoms with Gasteiger partial charge in [0.05, 0.1) is 6.10 Å². The molecule has 1 unspecified atom stereocenters. The Kier molecular flexibility index (Phi) is 2.75. The molecule has 0 aromatic heterocycles. The lowest BCUT2D eigenvalue weighted by atomic mass is 9.53. The predicted octanol–water partition coefficient (Wildman–Crippen LogP) is 2.32. The van der Waals surface area contributed by atoms with Gasteiger partial charge in [0.15, 0.2) is 0 Å². The van der Waals surface area contributed by atoms with Gasteiger partial charge < -0.3 is 10.4 Å². The maximum atomic E-state index is 9.70. The summed E-state index contributed by atoms with van der Waals surface area (Å²) in [5, 5.41) is 13.4. The number of hydrogen-bond acceptors (Lipinski definition) is 2. The molecule has 0 heterocycles. The second-order valence-corrected chi connectivity index (χ2v) is 6.64. The first kappa shape index (κ1) is 11.0. The average molecular weight is 223 g/mol.